The molecule has 9 heteroatoms. The van der Waals surface area contributed by atoms with Crippen molar-refractivity contribution < 1.29 is 29.0 Å². The number of nitrogens with zero attached hydrogens (tertiary/aromatic N) is 3. The van der Waals surface area contributed by atoms with Gasteiger partial charge < -0.3 is 19.5 Å². The van der Waals surface area contributed by atoms with Gasteiger partial charge >= 0.3 is 5.97 Å². The third kappa shape index (κ3) is 4.82. The number of amides is 2. The Morgan fingerprint density at radius 3 is 2.02 bits per heavy atom. The minimum atomic E-state index is -1.02. The van der Waals surface area contributed by atoms with Gasteiger partial charge in [-0.3, -0.25) is 14.6 Å². The number of amidine groups is 1. The van der Waals surface area contributed by atoms with Crippen LogP contribution in [0.1, 0.15) is 36.0 Å². The number of carboxylic acids is 1. The van der Waals surface area contributed by atoms with Crippen LogP contribution in [0.5, 0.6) is 11.5 Å². The lowest BCUT2D eigenvalue weighted by Gasteiger charge is -2.40. The smallest absolute Gasteiger partial charge is 0.326 e. The molecule has 3 aliphatic rings. The third-order valence-electron chi connectivity index (χ3n) is 7.13. The first-order valence-electron chi connectivity index (χ1n) is 13.2. The molecule has 0 spiro atoms. The van der Waals surface area contributed by atoms with E-state index in [1.807, 2.05) is 60.7 Å². The van der Waals surface area contributed by atoms with Crippen molar-refractivity contribution in [3.63, 3.8) is 0 Å². The monoisotopic (exact) mass is 537 g/mol. The number of hydrogen-bond donors (Lipinski definition) is 1. The highest BCUT2D eigenvalue weighted by Crippen LogP contribution is 2.43. The van der Waals surface area contributed by atoms with Gasteiger partial charge in [0.05, 0.1) is 11.4 Å². The highest BCUT2D eigenvalue weighted by Gasteiger charge is 2.43. The van der Waals surface area contributed by atoms with E-state index in [0.29, 0.717) is 28.6 Å². The second-order valence-electron chi connectivity index (χ2n) is 9.78. The predicted molar refractivity (Wildman–Crippen MR) is 148 cm³/mol. The molecule has 2 amide bonds. The molecule has 3 aromatic rings. The van der Waals surface area contributed by atoms with Crippen molar-refractivity contribution in [1.82, 2.24) is 4.90 Å². The quantitative estimate of drug-likeness (QED) is 0.424. The molecule has 1 saturated heterocycles. The topological polar surface area (TPSA) is 109 Å². The molecule has 0 unspecified atom stereocenters. The number of carbonyl (C=O) groups excluding carboxylic acids is 2. The number of benzene rings is 3. The summed E-state index contributed by atoms with van der Waals surface area (Å²) in [4.78, 5) is 45.1. The van der Waals surface area contributed by atoms with E-state index in [9.17, 15) is 19.5 Å². The number of anilines is 1. The molecule has 3 aliphatic heterocycles. The zero-order valence-electron chi connectivity index (χ0n) is 21.7. The molecule has 0 saturated carbocycles. The average molecular weight is 538 g/mol. The number of carboxylic acid groups (broad SMARTS) is 1. The van der Waals surface area contributed by atoms with E-state index in [1.165, 1.54) is 0 Å². The normalized spacial score (nSPS) is 18.1. The van der Waals surface area contributed by atoms with Gasteiger partial charge in [-0.2, -0.15) is 0 Å². The van der Waals surface area contributed by atoms with Crippen molar-refractivity contribution >= 4 is 35.4 Å². The summed E-state index contributed by atoms with van der Waals surface area (Å²) in [5.74, 6) is -0.488. The Bertz CT molecular complexity index is 1520. The van der Waals surface area contributed by atoms with Crippen molar-refractivity contribution in [2.75, 3.05) is 11.4 Å². The minimum absolute atomic E-state index is 0.108. The maximum Gasteiger partial charge on any atom is 0.326 e. The van der Waals surface area contributed by atoms with Gasteiger partial charge in [0.25, 0.3) is 0 Å². The standard InChI is InChI=1S/C31H27N3O6/c35-28-11-12-29(36)34(28)25-15-22-16-26(39-18-20-7-3-1-4-8-20)27(40-19-21-9-5-2-6-10-21)17-24(22)33-23(31(37)38)13-14-32-30(25)33/h1-10,15-17,23H,11-14,18-19H2,(H,37,38)/t23-/m0/s1. The Labute approximate surface area is 231 Å². The fourth-order valence-electron chi connectivity index (χ4n) is 5.17. The molecule has 3 aromatic carbocycles. The van der Waals surface area contributed by atoms with Gasteiger partial charge in [-0.25, -0.2) is 9.69 Å². The summed E-state index contributed by atoms with van der Waals surface area (Å²) < 4.78 is 12.5. The number of fused-ring (bicyclic) bond motifs is 3. The number of hydrogen-bond acceptors (Lipinski definition) is 7. The summed E-state index contributed by atoms with van der Waals surface area (Å²) in [7, 11) is 0. The molecule has 0 radical (unpaired) electrons. The summed E-state index contributed by atoms with van der Waals surface area (Å²) in [6.07, 6.45) is 2.21. The zero-order chi connectivity index (χ0) is 27.6. The van der Waals surface area contributed by atoms with Crippen LogP contribution in [0.3, 0.4) is 0 Å². The summed E-state index contributed by atoms with van der Waals surface area (Å²) in [6, 6.07) is 22.0. The molecule has 1 fully saturated rings. The summed E-state index contributed by atoms with van der Waals surface area (Å²) >= 11 is 0. The average Bonchev–Trinajstić information content (AvgIpc) is 3.32. The van der Waals surface area contributed by atoms with Gasteiger partial charge in [0, 0.05) is 31.0 Å². The molecule has 202 valence electrons. The number of rotatable bonds is 8. The maximum absolute atomic E-state index is 12.7. The minimum Gasteiger partial charge on any atom is -0.485 e. The van der Waals surface area contributed by atoms with Crippen LogP contribution in [0, 0.1) is 0 Å². The Morgan fingerprint density at radius 2 is 1.45 bits per heavy atom. The van der Waals surface area contributed by atoms with E-state index < -0.39 is 12.0 Å². The van der Waals surface area contributed by atoms with Crippen LogP contribution in [-0.4, -0.2) is 46.2 Å². The highest BCUT2D eigenvalue weighted by molar-refractivity contribution is 6.23. The van der Waals surface area contributed by atoms with Crippen molar-refractivity contribution in [2.24, 2.45) is 4.99 Å². The first-order valence-corrected chi connectivity index (χ1v) is 13.2. The summed E-state index contributed by atoms with van der Waals surface area (Å²) in [5, 5.41) is 10.1. The Kier molecular flexibility index (Phi) is 6.77. The van der Waals surface area contributed by atoms with Crippen LogP contribution in [0.15, 0.2) is 83.5 Å². The van der Waals surface area contributed by atoms with Crippen LogP contribution in [0.4, 0.5) is 5.69 Å². The van der Waals surface area contributed by atoms with Gasteiger partial charge in [-0.05, 0) is 29.7 Å². The fraction of sp³-hybridized carbons (Fsp3) is 0.226. The van der Waals surface area contributed by atoms with Gasteiger partial charge in [0.15, 0.2) is 17.3 Å². The second kappa shape index (κ2) is 10.7. The Hall–Kier alpha value is -4.92. The van der Waals surface area contributed by atoms with Crippen molar-refractivity contribution in [1.29, 1.82) is 0 Å². The predicted octanol–water partition coefficient (Wildman–Crippen LogP) is 4.41. The molecule has 6 rings (SSSR count). The number of aliphatic imine (C=N–C) groups is 1. The van der Waals surface area contributed by atoms with Gasteiger partial charge in [0.2, 0.25) is 11.8 Å². The first-order chi connectivity index (χ1) is 19.5. The number of ether oxygens (including phenoxy) is 2. The fourth-order valence-corrected chi connectivity index (χ4v) is 5.17. The Morgan fingerprint density at radius 1 is 0.875 bits per heavy atom. The van der Waals surface area contributed by atoms with Crippen LogP contribution < -0.4 is 14.4 Å². The SMILES string of the molecule is O=C(O)[C@@H]1CCN=C2C(N3C(=O)CCC3=O)=Cc3cc(OCc4ccccc4)c(OCc4ccccc4)cc3N21. The molecular weight excluding hydrogens is 510 g/mol. The second-order valence-corrected chi connectivity index (χ2v) is 9.78. The van der Waals surface area contributed by atoms with Gasteiger partial charge in [-0.15, -0.1) is 0 Å². The molecule has 0 bridgehead atoms. The first kappa shape index (κ1) is 25.4. The molecule has 1 N–H and O–H groups in total. The maximum atomic E-state index is 12.7. The number of aliphatic carboxylic acids is 1. The Balaban J connectivity index is 1.46. The summed E-state index contributed by atoms with van der Waals surface area (Å²) in [5.41, 5.74) is 3.38. The largest absolute Gasteiger partial charge is 0.485 e. The number of likely N-dealkylation sites (tertiary alicyclic amines) is 1. The van der Waals surface area contributed by atoms with Crippen molar-refractivity contribution in [3.8, 4) is 11.5 Å². The van der Waals surface area contributed by atoms with E-state index in [2.05, 4.69) is 4.99 Å². The third-order valence-corrected chi connectivity index (χ3v) is 7.13. The number of imide groups is 1. The molecule has 9 nitrogen and oxygen atoms in total. The van der Waals surface area contributed by atoms with Crippen LogP contribution in [-0.2, 0) is 27.6 Å². The van der Waals surface area contributed by atoms with E-state index >= 15 is 0 Å². The molecule has 1 atom stereocenters. The van der Waals surface area contributed by atoms with Crippen LogP contribution >= 0.6 is 0 Å². The van der Waals surface area contributed by atoms with Gasteiger partial charge in [-0.1, -0.05) is 60.7 Å². The van der Waals surface area contributed by atoms with E-state index in [0.717, 1.165) is 16.0 Å². The van der Waals surface area contributed by atoms with Gasteiger partial charge in [0.1, 0.15) is 19.3 Å². The van der Waals surface area contributed by atoms with E-state index in [-0.39, 0.29) is 56.5 Å². The molecule has 3 heterocycles. The lowest BCUT2D eigenvalue weighted by molar-refractivity contribution is -0.138. The lowest BCUT2D eigenvalue weighted by Crippen LogP contribution is -2.53. The molecular formula is C31H27N3O6. The highest BCUT2D eigenvalue weighted by atomic mass is 16.5. The summed E-state index contributed by atoms with van der Waals surface area (Å²) in [6.45, 7) is 0.832. The van der Waals surface area contributed by atoms with E-state index in [1.54, 1.807) is 23.1 Å². The molecule has 0 aliphatic carbocycles. The molecule has 40 heavy (non-hydrogen) atoms. The lowest BCUT2D eigenvalue weighted by atomic mass is 9.98. The van der Waals surface area contributed by atoms with Crippen molar-refractivity contribution in [2.45, 2.75) is 38.5 Å². The number of carbonyl (C=O) groups is 3. The van der Waals surface area contributed by atoms with Crippen LogP contribution in [0.2, 0.25) is 0 Å². The molecule has 0 aromatic heterocycles. The van der Waals surface area contributed by atoms with Crippen molar-refractivity contribution in [3.05, 3.63) is 95.2 Å². The van der Waals surface area contributed by atoms with Crippen LogP contribution in [0.25, 0.3) is 6.08 Å². The van der Waals surface area contributed by atoms with E-state index in [4.69, 9.17) is 9.47 Å². The zero-order valence-corrected chi connectivity index (χ0v) is 21.7.